The van der Waals surface area contributed by atoms with Crippen LogP contribution in [0.4, 0.5) is 0 Å². The normalized spacial score (nSPS) is 10.3. The summed E-state index contributed by atoms with van der Waals surface area (Å²) in [6, 6.07) is 4.92. The number of esters is 1. The summed E-state index contributed by atoms with van der Waals surface area (Å²) in [7, 11) is 0. The lowest BCUT2D eigenvalue weighted by atomic mass is 10.1. The van der Waals surface area contributed by atoms with E-state index in [1.54, 1.807) is 25.1 Å². The number of ether oxygens (including phenoxy) is 1. The zero-order valence-corrected chi connectivity index (χ0v) is 12.9. The average Bonchev–Trinajstić information content (AvgIpc) is 2.40. The highest BCUT2D eigenvalue weighted by Crippen LogP contribution is 2.18. The van der Waals surface area contributed by atoms with E-state index in [1.807, 2.05) is 0 Å². The summed E-state index contributed by atoms with van der Waals surface area (Å²) >= 11 is 3.35. The number of hydrogen-bond acceptors (Lipinski definition) is 4. The van der Waals surface area contributed by atoms with E-state index in [4.69, 9.17) is 9.84 Å². The molecule has 0 aromatic heterocycles. The van der Waals surface area contributed by atoms with Crippen molar-refractivity contribution < 1.29 is 19.4 Å². The zero-order chi connectivity index (χ0) is 15.0. The Bertz CT molecular complexity index is 476. The monoisotopic (exact) mass is 343 g/mol. The van der Waals surface area contributed by atoms with Gasteiger partial charge in [-0.3, -0.25) is 4.79 Å². The minimum Gasteiger partial charge on any atom is -0.478 e. The minimum atomic E-state index is -0.945. The van der Waals surface area contributed by atoms with Crippen molar-refractivity contribution in [3.05, 3.63) is 33.8 Å². The Hall–Kier alpha value is -1.40. The first-order valence-electron chi connectivity index (χ1n) is 6.42. The SMILES string of the molecule is CCOC(=O)CCCNCc1ccc(C(=O)O)cc1Br. The first kappa shape index (κ1) is 16.7. The summed E-state index contributed by atoms with van der Waals surface area (Å²) in [5.41, 5.74) is 1.23. The zero-order valence-electron chi connectivity index (χ0n) is 11.3. The molecule has 0 unspecified atom stereocenters. The van der Waals surface area contributed by atoms with Gasteiger partial charge in [-0.05, 0) is 37.6 Å². The molecule has 0 aliphatic heterocycles. The van der Waals surface area contributed by atoms with E-state index in [9.17, 15) is 9.59 Å². The van der Waals surface area contributed by atoms with Crippen LogP contribution in [0.5, 0.6) is 0 Å². The molecule has 20 heavy (non-hydrogen) atoms. The molecular weight excluding hydrogens is 326 g/mol. The fourth-order valence-corrected chi connectivity index (χ4v) is 2.16. The maximum atomic E-state index is 11.1. The van der Waals surface area contributed by atoms with Crippen molar-refractivity contribution in [2.75, 3.05) is 13.2 Å². The Balaban J connectivity index is 2.32. The van der Waals surface area contributed by atoms with Crippen LogP contribution in [0, 0.1) is 0 Å². The molecule has 1 aromatic carbocycles. The van der Waals surface area contributed by atoms with Gasteiger partial charge in [-0.15, -0.1) is 0 Å². The van der Waals surface area contributed by atoms with Crippen LogP contribution in [-0.2, 0) is 16.1 Å². The molecule has 0 saturated heterocycles. The predicted molar refractivity (Wildman–Crippen MR) is 78.7 cm³/mol. The van der Waals surface area contributed by atoms with Gasteiger partial charge in [0.2, 0.25) is 0 Å². The van der Waals surface area contributed by atoms with Crippen molar-refractivity contribution in [1.29, 1.82) is 0 Å². The van der Waals surface area contributed by atoms with E-state index < -0.39 is 5.97 Å². The molecule has 0 fully saturated rings. The molecule has 0 aliphatic carbocycles. The lowest BCUT2D eigenvalue weighted by Crippen LogP contribution is -2.17. The second-order valence-corrected chi connectivity index (χ2v) is 5.05. The molecule has 0 spiro atoms. The fourth-order valence-electron chi connectivity index (χ4n) is 1.64. The van der Waals surface area contributed by atoms with Crippen LogP contribution in [0.15, 0.2) is 22.7 Å². The topological polar surface area (TPSA) is 75.6 Å². The lowest BCUT2D eigenvalue weighted by Gasteiger charge is -2.07. The number of nitrogens with one attached hydrogen (secondary N) is 1. The summed E-state index contributed by atoms with van der Waals surface area (Å²) < 4.78 is 5.59. The maximum Gasteiger partial charge on any atom is 0.335 e. The van der Waals surface area contributed by atoms with E-state index >= 15 is 0 Å². The van der Waals surface area contributed by atoms with Crippen LogP contribution >= 0.6 is 15.9 Å². The third-order valence-corrected chi connectivity index (χ3v) is 3.39. The molecule has 0 radical (unpaired) electrons. The largest absolute Gasteiger partial charge is 0.478 e. The second kappa shape index (κ2) is 8.71. The summed E-state index contributed by atoms with van der Waals surface area (Å²) in [5, 5.41) is 12.1. The number of carboxylic acid groups (broad SMARTS) is 1. The molecule has 0 aliphatic rings. The van der Waals surface area contributed by atoms with E-state index in [0.717, 1.165) is 10.0 Å². The Morgan fingerprint density at radius 3 is 2.75 bits per heavy atom. The Morgan fingerprint density at radius 1 is 1.40 bits per heavy atom. The van der Waals surface area contributed by atoms with E-state index in [-0.39, 0.29) is 11.5 Å². The van der Waals surface area contributed by atoms with Crippen LogP contribution in [0.1, 0.15) is 35.7 Å². The van der Waals surface area contributed by atoms with Crippen LogP contribution in [-0.4, -0.2) is 30.2 Å². The molecule has 0 atom stereocenters. The molecule has 2 N–H and O–H groups in total. The van der Waals surface area contributed by atoms with Crippen LogP contribution in [0.2, 0.25) is 0 Å². The number of benzene rings is 1. The fraction of sp³-hybridized carbons (Fsp3) is 0.429. The van der Waals surface area contributed by atoms with Gasteiger partial charge in [-0.2, -0.15) is 0 Å². The summed E-state index contributed by atoms with van der Waals surface area (Å²) in [6.45, 7) is 3.51. The molecule has 110 valence electrons. The van der Waals surface area contributed by atoms with Crippen molar-refractivity contribution in [3.8, 4) is 0 Å². The van der Waals surface area contributed by atoms with E-state index in [2.05, 4.69) is 21.2 Å². The van der Waals surface area contributed by atoms with Gasteiger partial charge >= 0.3 is 11.9 Å². The predicted octanol–water partition coefficient (Wildman–Crippen LogP) is 2.58. The molecule has 1 aromatic rings. The number of carbonyl (C=O) groups excluding carboxylic acids is 1. The van der Waals surface area contributed by atoms with Crippen LogP contribution < -0.4 is 5.32 Å². The maximum absolute atomic E-state index is 11.1. The van der Waals surface area contributed by atoms with Crippen LogP contribution in [0.25, 0.3) is 0 Å². The average molecular weight is 344 g/mol. The second-order valence-electron chi connectivity index (χ2n) is 4.20. The Kier molecular flexibility index (Phi) is 7.25. The number of rotatable bonds is 8. The number of carbonyl (C=O) groups is 2. The number of halogens is 1. The van der Waals surface area contributed by atoms with Gasteiger partial charge in [-0.1, -0.05) is 22.0 Å². The molecule has 0 bridgehead atoms. The Labute approximate surface area is 126 Å². The van der Waals surface area contributed by atoms with Crippen molar-refractivity contribution in [1.82, 2.24) is 5.32 Å². The lowest BCUT2D eigenvalue weighted by molar-refractivity contribution is -0.143. The molecule has 0 heterocycles. The first-order valence-corrected chi connectivity index (χ1v) is 7.22. The van der Waals surface area contributed by atoms with Gasteiger partial charge in [0.25, 0.3) is 0 Å². The smallest absolute Gasteiger partial charge is 0.335 e. The van der Waals surface area contributed by atoms with Crippen LogP contribution in [0.3, 0.4) is 0 Å². The minimum absolute atomic E-state index is 0.179. The van der Waals surface area contributed by atoms with Crippen molar-refractivity contribution >= 4 is 27.9 Å². The quantitative estimate of drug-likeness (QED) is 0.560. The van der Waals surface area contributed by atoms with Crippen molar-refractivity contribution in [3.63, 3.8) is 0 Å². The summed E-state index contributed by atoms with van der Waals surface area (Å²) in [4.78, 5) is 21.9. The summed E-state index contributed by atoms with van der Waals surface area (Å²) in [6.07, 6.45) is 1.11. The van der Waals surface area contributed by atoms with Gasteiger partial charge in [0.15, 0.2) is 0 Å². The van der Waals surface area contributed by atoms with Gasteiger partial charge in [0.1, 0.15) is 0 Å². The highest BCUT2D eigenvalue weighted by molar-refractivity contribution is 9.10. The molecular formula is C14H18BrNO4. The number of carboxylic acids is 1. The van der Waals surface area contributed by atoms with Gasteiger partial charge in [-0.25, -0.2) is 4.79 Å². The third kappa shape index (κ3) is 5.71. The van der Waals surface area contributed by atoms with Crippen molar-refractivity contribution in [2.24, 2.45) is 0 Å². The Morgan fingerprint density at radius 2 is 2.15 bits per heavy atom. The molecule has 5 nitrogen and oxygen atoms in total. The molecule has 0 saturated carbocycles. The molecule has 1 rings (SSSR count). The van der Waals surface area contributed by atoms with Gasteiger partial charge in [0, 0.05) is 17.4 Å². The highest BCUT2D eigenvalue weighted by Gasteiger charge is 2.06. The standard InChI is InChI=1S/C14H18BrNO4/c1-2-20-13(17)4-3-7-16-9-11-6-5-10(14(18)19)8-12(11)15/h5-6,8,16H,2-4,7,9H2,1H3,(H,18,19). The molecule has 0 amide bonds. The van der Waals surface area contributed by atoms with E-state index in [0.29, 0.717) is 32.5 Å². The highest BCUT2D eigenvalue weighted by atomic mass is 79.9. The number of hydrogen-bond donors (Lipinski definition) is 2. The van der Waals surface area contributed by atoms with Crippen molar-refractivity contribution in [2.45, 2.75) is 26.3 Å². The first-order chi connectivity index (χ1) is 9.54. The number of aromatic carboxylic acids is 1. The van der Waals surface area contributed by atoms with E-state index in [1.165, 1.54) is 0 Å². The van der Waals surface area contributed by atoms with Gasteiger partial charge in [0.05, 0.1) is 12.2 Å². The van der Waals surface area contributed by atoms with Gasteiger partial charge < -0.3 is 15.2 Å². The third-order valence-electron chi connectivity index (χ3n) is 2.66. The molecule has 6 heteroatoms. The summed E-state index contributed by atoms with van der Waals surface area (Å²) in [5.74, 6) is -1.12.